The van der Waals surface area contributed by atoms with Crippen LogP contribution in [0.5, 0.6) is 0 Å². The highest BCUT2D eigenvalue weighted by Crippen LogP contribution is 2.30. The van der Waals surface area contributed by atoms with Crippen molar-refractivity contribution in [2.45, 2.75) is 6.04 Å². The summed E-state index contributed by atoms with van der Waals surface area (Å²) in [5.41, 5.74) is 2.90. The molecule has 4 aromatic rings. The molecule has 1 amide bonds. The average molecular weight is 465 g/mol. The Morgan fingerprint density at radius 2 is 1.62 bits per heavy atom. The highest BCUT2D eigenvalue weighted by atomic mass is 35.5. The zero-order valence-electron chi connectivity index (χ0n) is 17.0. The number of methoxy groups -OCH3 is 1. The third kappa shape index (κ3) is 4.44. The number of hydrogen-bond acceptors (Lipinski definition) is 4. The number of aromatic nitrogens is 1. The predicted molar refractivity (Wildman–Crippen MR) is 126 cm³/mol. The van der Waals surface area contributed by atoms with Gasteiger partial charge in [-0.25, -0.2) is 9.78 Å². The minimum atomic E-state index is -0.950. The molecule has 0 saturated heterocycles. The van der Waals surface area contributed by atoms with Crippen LogP contribution in [0.25, 0.3) is 22.2 Å². The molecule has 0 bridgehead atoms. The summed E-state index contributed by atoms with van der Waals surface area (Å²) >= 11 is 12.2. The SMILES string of the molecule is COC(=O)C(NC(=O)c1cc(-c2ccc(Cl)c(Cl)c2)nc2ccccc12)c1ccccc1. The molecule has 160 valence electrons. The van der Waals surface area contributed by atoms with Gasteiger partial charge in [0, 0.05) is 10.9 Å². The molecule has 1 unspecified atom stereocenters. The molecule has 1 aromatic heterocycles. The first-order valence-electron chi connectivity index (χ1n) is 9.77. The van der Waals surface area contributed by atoms with Crippen molar-refractivity contribution in [3.63, 3.8) is 0 Å². The van der Waals surface area contributed by atoms with E-state index in [0.29, 0.717) is 43.3 Å². The summed E-state index contributed by atoms with van der Waals surface area (Å²) in [4.78, 5) is 30.5. The fourth-order valence-electron chi connectivity index (χ4n) is 3.42. The van der Waals surface area contributed by atoms with Gasteiger partial charge in [0.25, 0.3) is 5.91 Å². The Bertz CT molecular complexity index is 1310. The Kier molecular flexibility index (Phi) is 6.40. The summed E-state index contributed by atoms with van der Waals surface area (Å²) in [5.74, 6) is -0.989. The Labute approximate surface area is 194 Å². The van der Waals surface area contributed by atoms with E-state index in [9.17, 15) is 9.59 Å². The second-order valence-corrected chi connectivity index (χ2v) is 7.86. The normalized spacial score (nSPS) is 11.7. The molecule has 3 aromatic carbocycles. The van der Waals surface area contributed by atoms with Crippen LogP contribution in [0.1, 0.15) is 22.0 Å². The fourth-order valence-corrected chi connectivity index (χ4v) is 3.72. The molecule has 0 aliphatic carbocycles. The fraction of sp³-hybridized carbons (Fsp3) is 0.0800. The number of ether oxygens (including phenoxy) is 1. The van der Waals surface area contributed by atoms with E-state index in [4.69, 9.17) is 27.9 Å². The summed E-state index contributed by atoms with van der Waals surface area (Å²) in [7, 11) is 1.29. The minimum absolute atomic E-state index is 0.376. The maximum atomic E-state index is 13.4. The van der Waals surface area contributed by atoms with Gasteiger partial charge in [-0.1, -0.05) is 77.8 Å². The summed E-state index contributed by atoms with van der Waals surface area (Å²) in [5, 5.41) is 4.28. The standard InChI is InChI=1S/C25H18Cl2N2O3/c1-32-25(31)23(15-7-3-2-4-8-15)29-24(30)18-14-22(16-11-12-19(26)20(27)13-16)28-21-10-6-5-9-17(18)21/h2-14,23H,1H3,(H,29,30). The lowest BCUT2D eigenvalue weighted by Gasteiger charge is -2.18. The zero-order valence-corrected chi connectivity index (χ0v) is 18.5. The topological polar surface area (TPSA) is 68.3 Å². The van der Waals surface area contributed by atoms with Crippen LogP contribution in [0.4, 0.5) is 0 Å². The highest BCUT2D eigenvalue weighted by molar-refractivity contribution is 6.42. The van der Waals surface area contributed by atoms with E-state index in [0.717, 1.165) is 0 Å². The Morgan fingerprint density at radius 1 is 0.906 bits per heavy atom. The van der Waals surface area contributed by atoms with E-state index in [1.807, 2.05) is 30.3 Å². The van der Waals surface area contributed by atoms with Crippen LogP contribution >= 0.6 is 23.2 Å². The number of amides is 1. The van der Waals surface area contributed by atoms with Gasteiger partial charge in [0.2, 0.25) is 0 Å². The molecule has 0 aliphatic rings. The third-order valence-electron chi connectivity index (χ3n) is 5.02. The van der Waals surface area contributed by atoms with Crippen molar-refractivity contribution in [2.24, 2.45) is 0 Å². The molecule has 0 fully saturated rings. The van der Waals surface area contributed by atoms with Crippen molar-refractivity contribution < 1.29 is 14.3 Å². The molecule has 0 radical (unpaired) electrons. The lowest BCUT2D eigenvalue weighted by molar-refractivity contribution is -0.143. The maximum Gasteiger partial charge on any atom is 0.333 e. The average Bonchev–Trinajstić information content (AvgIpc) is 2.83. The third-order valence-corrected chi connectivity index (χ3v) is 5.76. The van der Waals surface area contributed by atoms with Crippen molar-refractivity contribution in [3.8, 4) is 11.3 Å². The number of fused-ring (bicyclic) bond motifs is 1. The van der Waals surface area contributed by atoms with Gasteiger partial charge >= 0.3 is 5.97 Å². The number of carbonyl (C=O) groups excluding carboxylic acids is 2. The lowest BCUT2D eigenvalue weighted by atomic mass is 10.0. The van der Waals surface area contributed by atoms with E-state index < -0.39 is 17.9 Å². The second-order valence-electron chi connectivity index (χ2n) is 7.04. The number of carbonyl (C=O) groups is 2. The lowest BCUT2D eigenvalue weighted by Crippen LogP contribution is -2.34. The van der Waals surface area contributed by atoms with Crippen LogP contribution in [0, 0.1) is 0 Å². The number of hydrogen-bond donors (Lipinski definition) is 1. The number of para-hydroxylation sites is 1. The zero-order chi connectivity index (χ0) is 22.7. The molecular weight excluding hydrogens is 447 g/mol. The van der Waals surface area contributed by atoms with Gasteiger partial charge < -0.3 is 10.1 Å². The van der Waals surface area contributed by atoms with Gasteiger partial charge in [0.05, 0.1) is 33.9 Å². The number of nitrogens with one attached hydrogen (secondary N) is 1. The van der Waals surface area contributed by atoms with Gasteiger partial charge in [-0.3, -0.25) is 4.79 Å². The molecule has 0 saturated carbocycles. The monoisotopic (exact) mass is 464 g/mol. The molecule has 0 aliphatic heterocycles. The molecule has 1 atom stereocenters. The minimum Gasteiger partial charge on any atom is -0.467 e. The maximum absolute atomic E-state index is 13.4. The first-order chi connectivity index (χ1) is 15.5. The van der Waals surface area contributed by atoms with E-state index in [-0.39, 0.29) is 0 Å². The van der Waals surface area contributed by atoms with Crippen molar-refractivity contribution >= 4 is 46.0 Å². The first-order valence-corrected chi connectivity index (χ1v) is 10.5. The van der Waals surface area contributed by atoms with Gasteiger partial charge in [0.15, 0.2) is 6.04 Å². The predicted octanol–water partition coefficient (Wildman–Crippen LogP) is 5.85. The van der Waals surface area contributed by atoms with Crippen molar-refractivity contribution in [3.05, 3.63) is 100 Å². The first kappa shape index (κ1) is 21.8. The number of benzene rings is 3. The van der Waals surface area contributed by atoms with Crippen LogP contribution in [-0.2, 0) is 9.53 Å². The quantitative estimate of drug-likeness (QED) is 0.376. The molecule has 4 rings (SSSR count). The molecule has 32 heavy (non-hydrogen) atoms. The van der Waals surface area contributed by atoms with Crippen molar-refractivity contribution in [1.29, 1.82) is 0 Å². The number of esters is 1. The van der Waals surface area contributed by atoms with E-state index in [1.54, 1.807) is 48.5 Å². The Hall–Kier alpha value is -3.41. The number of pyridine rings is 1. The highest BCUT2D eigenvalue weighted by Gasteiger charge is 2.25. The number of nitrogens with zero attached hydrogens (tertiary/aromatic N) is 1. The van der Waals surface area contributed by atoms with Crippen LogP contribution in [0.2, 0.25) is 10.0 Å². The Morgan fingerprint density at radius 3 is 2.34 bits per heavy atom. The number of rotatable bonds is 5. The molecular formula is C25H18Cl2N2O3. The summed E-state index contributed by atoms with van der Waals surface area (Å²) in [6.07, 6.45) is 0. The van der Waals surface area contributed by atoms with E-state index in [2.05, 4.69) is 10.3 Å². The van der Waals surface area contributed by atoms with Gasteiger partial charge in [-0.05, 0) is 29.8 Å². The van der Waals surface area contributed by atoms with E-state index in [1.165, 1.54) is 7.11 Å². The van der Waals surface area contributed by atoms with Gasteiger partial charge in [0.1, 0.15) is 0 Å². The smallest absolute Gasteiger partial charge is 0.333 e. The second kappa shape index (κ2) is 9.39. The van der Waals surface area contributed by atoms with Gasteiger partial charge in [-0.2, -0.15) is 0 Å². The summed E-state index contributed by atoms with van der Waals surface area (Å²) in [6.45, 7) is 0. The molecule has 1 N–H and O–H groups in total. The van der Waals surface area contributed by atoms with Crippen LogP contribution in [0.3, 0.4) is 0 Å². The van der Waals surface area contributed by atoms with Gasteiger partial charge in [-0.15, -0.1) is 0 Å². The Balaban J connectivity index is 1.79. The van der Waals surface area contributed by atoms with Crippen molar-refractivity contribution in [2.75, 3.05) is 7.11 Å². The molecule has 5 nitrogen and oxygen atoms in total. The summed E-state index contributed by atoms with van der Waals surface area (Å²) < 4.78 is 4.92. The summed E-state index contributed by atoms with van der Waals surface area (Å²) in [6, 6.07) is 22.1. The molecule has 1 heterocycles. The molecule has 0 spiro atoms. The number of halogens is 2. The van der Waals surface area contributed by atoms with E-state index >= 15 is 0 Å². The van der Waals surface area contributed by atoms with Crippen molar-refractivity contribution in [1.82, 2.24) is 10.3 Å². The van der Waals surface area contributed by atoms with Crippen LogP contribution < -0.4 is 5.32 Å². The van der Waals surface area contributed by atoms with Crippen LogP contribution in [-0.4, -0.2) is 24.0 Å². The molecule has 7 heteroatoms. The van der Waals surface area contributed by atoms with Crippen LogP contribution in [0.15, 0.2) is 78.9 Å². The largest absolute Gasteiger partial charge is 0.467 e.